The molecule has 0 spiro atoms. The Morgan fingerprint density at radius 3 is 2.29 bits per heavy atom. The van der Waals surface area contributed by atoms with Crippen molar-refractivity contribution in [2.75, 3.05) is 40.3 Å². The number of methoxy groups -OCH3 is 1. The quantitative estimate of drug-likeness (QED) is 0.641. The van der Waals surface area contributed by atoms with Gasteiger partial charge in [-0.25, -0.2) is 9.07 Å². The smallest absolute Gasteiger partial charge is 0.281 e. The Morgan fingerprint density at radius 2 is 1.68 bits per heavy atom. The lowest BCUT2D eigenvalue weighted by Gasteiger charge is -2.30. The van der Waals surface area contributed by atoms with E-state index in [1.54, 1.807) is 19.2 Å². The van der Waals surface area contributed by atoms with E-state index >= 15 is 0 Å². The number of halogens is 1. The maximum absolute atomic E-state index is 13.4. The van der Waals surface area contributed by atoms with Crippen LogP contribution in [-0.2, 0) is 0 Å². The molecule has 0 saturated carbocycles. The molecule has 162 valence electrons. The van der Waals surface area contributed by atoms with E-state index in [4.69, 9.17) is 9.84 Å². The summed E-state index contributed by atoms with van der Waals surface area (Å²) in [6, 6.07) is 13.3. The fourth-order valence-corrected chi connectivity index (χ4v) is 3.67. The van der Waals surface area contributed by atoms with E-state index in [0.29, 0.717) is 22.7 Å². The average molecular weight is 423 g/mol. The third-order valence-electron chi connectivity index (χ3n) is 5.49. The zero-order valence-corrected chi connectivity index (χ0v) is 17.9. The van der Waals surface area contributed by atoms with E-state index in [9.17, 15) is 9.18 Å². The van der Waals surface area contributed by atoms with E-state index in [1.807, 2.05) is 36.2 Å². The predicted octanol–water partition coefficient (Wildman–Crippen LogP) is 2.95. The second-order valence-electron chi connectivity index (χ2n) is 7.65. The number of hydrazone groups is 1. The molecular weight excluding hydrogens is 397 g/mol. The van der Waals surface area contributed by atoms with Crippen molar-refractivity contribution >= 4 is 5.71 Å². The fourth-order valence-electron chi connectivity index (χ4n) is 3.67. The number of aromatic amines is 1. The van der Waals surface area contributed by atoms with Gasteiger partial charge in [0.05, 0.1) is 29.8 Å². The Labute approximate surface area is 180 Å². The van der Waals surface area contributed by atoms with Gasteiger partial charge in [-0.3, -0.25) is 14.9 Å². The minimum Gasteiger partial charge on any atom is -0.497 e. The highest BCUT2D eigenvalue weighted by Gasteiger charge is 2.21. The van der Waals surface area contributed by atoms with Gasteiger partial charge in [0.25, 0.3) is 5.56 Å². The highest BCUT2D eigenvalue weighted by molar-refractivity contribution is 6.03. The molecule has 1 fully saturated rings. The van der Waals surface area contributed by atoms with E-state index in [1.165, 1.54) is 16.8 Å². The summed E-state index contributed by atoms with van der Waals surface area (Å²) < 4.78 is 20.1. The summed E-state index contributed by atoms with van der Waals surface area (Å²) >= 11 is 0. The maximum atomic E-state index is 13.4. The summed E-state index contributed by atoms with van der Waals surface area (Å²) in [5.74, 6) is 0.375. The van der Waals surface area contributed by atoms with Crippen LogP contribution < -0.4 is 10.3 Å². The highest BCUT2D eigenvalue weighted by Crippen LogP contribution is 2.24. The number of piperazine rings is 1. The molecule has 1 N–H and O–H groups in total. The van der Waals surface area contributed by atoms with Crippen LogP contribution in [0.2, 0.25) is 0 Å². The lowest BCUT2D eigenvalue weighted by Crippen LogP contribution is -2.42. The van der Waals surface area contributed by atoms with Crippen molar-refractivity contribution in [1.29, 1.82) is 0 Å². The minimum atomic E-state index is -0.355. The van der Waals surface area contributed by atoms with E-state index in [2.05, 4.69) is 17.0 Å². The molecule has 1 saturated heterocycles. The zero-order chi connectivity index (χ0) is 22.0. The third-order valence-corrected chi connectivity index (χ3v) is 5.49. The van der Waals surface area contributed by atoms with Crippen LogP contribution in [0.25, 0.3) is 16.9 Å². The summed E-state index contributed by atoms with van der Waals surface area (Å²) in [4.78, 5) is 15.7. The average Bonchev–Trinajstić information content (AvgIpc) is 3.13. The van der Waals surface area contributed by atoms with Gasteiger partial charge >= 0.3 is 0 Å². The van der Waals surface area contributed by atoms with Crippen molar-refractivity contribution in [2.45, 2.75) is 6.92 Å². The molecule has 1 aliphatic rings. The van der Waals surface area contributed by atoms with Crippen LogP contribution in [-0.4, -0.2) is 65.7 Å². The third kappa shape index (κ3) is 4.39. The van der Waals surface area contributed by atoms with E-state index in [-0.39, 0.29) is 11.4 Å². The molecule has 0 unspecified atom stereocenters. The number of nitrogens with one attached hydrogen (secondary N) is 1. The molecule has 0 amide bonds. The molecule has 1 aliphatic heterocycles. The largest absolute Gasteiger partial charge is 0.497 e. The molecule has 0 aliphatic carbocycles. The summed E-state index contributed by atoms with van der Waals surface area (Å²) in [5.41, 5.74) is 2.95. The van der Waals surface area contributed by atoms with Gasteiger partial charge < -0.3 is 9.64 Å². The van der Waals surface area contributed by atoms with Crippen molar-refractivity contribution < 1.29 is 9.13 Å². The molecule has 1 aromatic heterocycles. The second-order valence-corrected chi connectivity index (χ2v) is 7.65. The number of aromatic nitrogens is 2. The van der Waals surface area contributed by atoms with Gasteiger partial charge in [0, 0.05) is 31.7 Å². The molecule has 7 nitrogen and oxygen atoms in total. The number of nitrogens with zero attached hydrogens (tertiary/aromatic N) is 4. The molecule has 31 heavy (non-hydrogen) atoms. The second kappa shape index (κ2) is 8.77. The molecule has 2 heterocycles. The van der Waals surface area contributed by atoms with Crippen LogP contribution in [0.1, 0.15) is 12.5 Å². The Balaban J connectivity index is 1.81. The van der Waals surface area contributed by atoms with Crippen LogP contribution in [0, 0.1) is 5.82 Å². The van der Waals surface area contributed by atoms with Crippen molar-refractivity contribution in [3.8, 4) is 22.7 Å². The van der Waals surface area contributed by atoms with Gasteiger partial charge in [-0.2, -0.15) is 5.10 Å². The van der Waals surface area contributed by atoms with Gasteiger partial charge in [0.1, 0.15) is 11.6 Å². The minimum absolute atomic E-state index is 0.229. The van der Waals surface area contributed by atoms with Gasteiger partial charge in [-0.05, 0) is 62.5 Å². The molecule has 8 heteroatoms. The molecule has 0 radical (unpaired) electrons. The molecule has 2 aromatic carbocycles. The predicted molar refractivity (Wildman–Crippen MR) is 120 cm³/mol. The number of benzene rings is 2. The highest BCUT2D eigenvalue weighted by atomic mass is 19.1. The first-order valence-corrected chi connectivity index (χ1v) is 10.2. The summed E-state index contributed by atoms with van der Waals surface area (Å²) in [6.45, 7) is 5.32. The normalized spacial score (nSPS) is 15.4. The van der Waals surface area contributed by atoms with Crippen molar-refractivity contribution in [3.05, 3.63) is 70.3 Å². The Hall–Kier alpha value is -3.39. The Kier molecular flexibility index (Phi) is 5.90. The van der Waals surface area contributed by atoms with Gasteiger partial charge in [0.15, 0.2) is 0 Å². The fraction of sp³-hybridized carbons (Fsp3) is 0.304. The Bertz CT molecular complexity index is 1120. The van der Waals surface area contributed by atoms with Gasteiger partial charge in [0.2, 0.25) is 0 Å². The van der Waals surface area contributed by atoms with Crippen LogP contribution in [0.4, 0.5) is 4.39 Å². The zero-order valence-electron chi connectivity index (χ0n) is 17.9. The molecule has 0 atom stereocenters. The number of hydrogen-bond acceptors (Lipinski definition) is 5. The number of hydrogen-bond donors (Lipinski definition) is 1. The molecule has 0 bridgehead atoms. The van der Waals surface area contributed by atoms with Crippen molar-refractivity contribution in [2.24, 2.45) is 5.10 Å². The number of likely N-dealkylation sites (N-methyl/N-ethyl adjacent to an activating group) is 1. The van der Waals surface area contributed by atoms with E-state index in [0.717, 1.165) is 37.5 Å². The van der Waals surface area contributed by atoms with Gasteiger partial charge in [-0.15, -0.1) is 0 Å². The van der Waals surface area contributed by atoms with E-state index < -0.39 is 0 Å². The topological polar surface area (TPSA) is 65.9 Å². The van der Waals surface area contributed by atoms with Crippen LogP contribution in [0.15, 0.2) is 58.4 Å². The molecular formula is C23H26FN5O2. The lowest BCUT2D eigenvalue weighted by molar-refractivity contribution is 0.159. The SMILES string of the molecule is COc1ccc(-c2[nH]n(-c3ccc(F)cc3)c(=O)c2C(C)=NN2CCN(C)CC2)cc1. The summed E-state index contributed by atoms with van der Waals surface area (Å²) in [5, 5.41) is 9.95. The van der Waals surface area contributed by atoms with Crippen LogP contribution in [0.3, 0.4) is 0 Å². The standard InChI is InChI=1S/C23H26FN5O2/c1-16(25-28-14-12-27(2)13-15-28)21-22(17-4-10-20(31-3)11-5-17)26-29(23(21)30)19-8-6-18(24)7-9-19/h4-11,26H,12-15H2,1-3H3. The first kappa shape index (κ1) is 20.9. The number of ether oxygens (including phenoxy) is 1. The first-order chi connectivity index (χ1) is 15.0. The number of rotatable bonds is 5. The Morgan fingerprint density at radius 1 is 1.03 bits per heavy atom. The summed E-state index contributed by atoms with van der Waals surface area (Å²) in [7, 11) is 3.70. The van der Waals surface area contributed by atoms with Crippen LogP contribution >= 0.6 is 0 Å². The van der Waals surface area contributed by atoms with Crippen molar-refractivity contribution in [3.63, 3.8) is 0 Å². The monoisotopic (exact) mass is 423 g/mol. The lowest BCUT2D eigenvalue weighted by atomic mass is 10.1. The molecule has 3 aromatic rings. The first-order valence-electron chi connectivity index (χ1n) is 10.2. The van der Waals surface area contributed by atoms with Crippen molar-refractivity contribution in [1.82, 2.24) is 19.7 Å². The summed E-state index contributed by atoms with van der Waals surface area (Å²) in [6.07, 6.45) is 0. The van der Waals surface area contributed by atoms with Gasteiger partial charge in [-0.1, -0.05) is 0 Å². The van der Waals surface area contributed by atoms with Crippen LogP contribution in [0.5, 0.6) is 5.75 Å². The number of H-pyrrole nitrogens is 1. The maximum Gasteiger partial charge on any atom is 0.281 e. The molecule has 4 rings (SSSR count).